The molecule has 0 bridgehead atoms. The summed E-state index contributed by atoms with van der Waals surface area (Å²) in [5.41, 5.74) is 0. The second-order valence-corrected chi connectivity index (χ2v) is 31.5. The number of carbonyl (C=O) groups is 4. The second-order valence-electron chi connectivity index (χ2n) is 28.6. The number of esters is 4. The number of phosphoric ester groups is 2. The summed E-state index contributed by atoms with van der Waals surface area (Å²) in [4.78, 5) is 72.8. The molecule has 3 N–H and O–H groups in total. The monoisotopic (exact) mass is 1420 g/mol. The fraction of sp³-hybridized carbons (Fsp3) is 0.949. The molecule has 0 rings (SSSR count). The topological polar surface area (TPSA) is 237 Å². The van der Waals surface area contributed by atoms with Gasteiger partial charge in [0.05, 0.1) is 26.4 Å². The average molecular weight is 1420 g/mol. The summed E-state index contributed by atoms with van der Waals surface area (Å²) >= 11 is 0. The van der Waals surface area contributed by atoms with E-state index in [9.17, 15) is 43.2 Å². The van der Waals surface area contributed by atoms with Crippen LogP contribution in [0.25, 0.3) is 0 Å². The minimum absolute atomic E-state index is 0.107. The Balaban J connectivity index is 5.20. The lowest BCUT2D eigenvalue weighted by Gasteiger charge is -2.21. The van der Waals surface area contributed by atoms with E-state index >= 15 is 0 Å². The van der Waals surface area contributed by atoms with Crippen molar-refractivity contribution in [3.8, 4) is 0 Å². The molecule has 0 radical (unpaired) electrons. The summed E-state index contributed by atoms with van der Waals surface area (Å²) in [5.74, 6) is -1.30. The van der Waals surface area contributed by atoms with Gasteiger partial charge in [0.2, 0.25) is 0 Å². The Bertz CT molecular complexity index is 1860. The Morgan fingerprint density at radius 1 is 0.278 bits per heavy atom. The number of hydrogen-bond donors (Lipinski definition) is 3. The van der Waals surface area contributed by atoms with Crippen LogP contribution >= 0.6 is 15.6 Å². The van der Waals surface area contributed by atoms with Gasteiger partial charge >= 0.3 is 39.5 Å². The molecule has 2 unspecified atom stereocenters. The predicted octanol–water partition coefficient (Wildman–Crippen LogP) is 23.3. The maximum atomic E-state index is 13.1. The first-order valence-corrected chi connectivity index (χ1v) is 43.6. The summed E-state index contributed by atoms with van der Waals surface area (Å²) in [6.45, 7) is 7.32. The number of hydrogen-bond acceptors (Lipinski definition) is 15. The number of aliphatic hydroxyl groups is 1. The van der Waals surface area contributed by atoms with Crippen molar-refractivity contribution in [3.05, 3.63) is 0 Å². The Labute approximate surface area is 594 Å². The number of unbranched alkanes of at least 4 members (excludes halogenated alkanes) is 50. The molecule has 0 aliphatic carbocycles. The zero-order chi connectivity index (χ0) is 71.2. The average Bonchev–Trinajstić information content (AvgIpc) is 3.22. The van der Waals surface area contributed by atoms with Crippen LogP contribution in [0.4, 0.5) is 0 Å². The summed E-state index contributed by atoms with van der Waals surface area (Å²) in [5, 5.41) is 10.6. The van der Waals surface area contributed by atoms with Gasteiger partial charge in [0.25, 0.3) is 0 Å². The highest BCUT2D eigenvalue weighted by Gasteiger charge is 2.30. The molecule has 5 atom stereocenters. The quantitative estimate of drug-likeness (QED) is 0.0222. The number of phosphoric acid groups is 2. The molecule has 97 heavy (non-hydrogen) atoms. The van der Waals surface area contributed by atoms with E-state index in [0.29, 0.717) is 25.7 Å². The highest BCUT2D eigenvalue weighted by Crippen LogP contribution is 2.45. The van der Waals surface area contributed by atoms with Crippen LogP contribution in [0, 0.1) is 5.92 Å². The SMILES string of the molecule is CCCCCCCCCCCCCCCCCCCCC(=O)OC[C@H](COP(=O)(O)OC[C@@H](O)COP(=O)(O)OC[C@@H](COC(=O)CCCCCCCCCCCC)OC(=O)CCCCCCCCCCCC)OC(=O)CCCCCCCCCCCCCCCCCCC(C)C. The van der Waals surface area contributed by atoms with E-state index in [0.717, 1.165) is 95.8 Å². The summed E-state index contributed by atoms with van der Waals surface area (Å²) in [6, 6.07) is 0. The lowest BCUT2D eigenvalue weighted by Crippen LogP contribution is -2.30. The Kier molecular flexibility index (Phi) is 69.6. The molecule has 0 saturated carbocycles. The van der Waals surface area contributed by atoms with Gasteiger partial charge < -0.3 is 33.8 Å². The van der Waals surface area contributed by atoms with Crippen molar-refractivity contribution in [2.45, 2.75) is 432 Å². The standard InChI is InChI=1S/C78H152O17P2/c1-6-9-12-15-18-21-24-25-26-27-28-32-35-38-43-47-52-57-62-76(81)89-68-74(95-78(83)64-59-54-49-44-39-36-33-30-29-31-34-37-40-45-50-55-60-71(4)5)70-93-97(86,87)91-66-72(79)65-90-96(84,85)92-69-73(94-77(82)63-58-53-48-42-23-20-17-14-11-8-3)67-88-75(80)61-56-51-46-41-22-19-16-13-10-7-2/h71-74,79H,6-70H2,1-5H3,(H,84,85)(H,86,87)/t72-,73+,74+/m0/s1. The lowest BCUT2D eigenvalue weighted by atomic mass is 10.0. The molecule has 0 heterocycles. The predicted molar refractivity (Wildman–Crippen MR) is 395 cm³/mol. The van der Waals surface area contributed by atoms with Crippen LogP contribution < -0.4 is 0 Å². The van der Waals surface area contributed by atoms with E-state index in [1.807, 2.05) is 0 Å². The number of ether oxygens (including phenoxy) is 4. The Morgan fingerprint density at radius 3 is 0.701 bits per heavy atom. The van der Waals surface area contributed by atoms with E-state index in [4.69, 9.17) is 37.0 Å². The third-order valence-electron chi connectivity index (χ3n) is 18.3. The molecule has 0 spiro atoms. The molecule has 0 aromatic rings. The lowest BCUT2D eigenvalue weighted by molar-refractivity contribution is -0.161. The van der Waals surface area contributed by atoms with Crippen LogP contribution in [0.1, 0.15) is 413 Å². The molecule has 17 nitrogen and oxygen atoms in total. The minimum atomic E-state index is -4.96. The smallest absolute Gasteiger partial charge is 0.462 e. The molecule has 0 saturated heterocycles. The molecule has 0 aromatic heterocycles. The van der Waals surface area contributed by atoms with Crippen molar-refractivity contribution in [2.75, 3.05) is 39.6 Å². The van der Waals surface area contributed by atoms with Crippen molar-refractivity contribution in [1.29, 1.82) is 0 Å². The molecule has 0 fully saturated rings. The van der Waals surface area contributed by atoms with Crippen LogP contribution in [0.2, 0.25) is 0 Å². The van der Waals surface area contributed by atoms with Crippen LogP contribution in [-0.4, -0.2) is 96.7 Å². The van der Waals surface area contributed by atoms with Crippen LogP contribution in [0.3, 0.4) is 0 Å². The molecule has 0 aliphatic rings. The molecule has 0 amide bonds. The molecule has 19 heteroatoms. The summed E-state index contributed by atoms with van der Waals surface area (Å²) in [6.07, 6.45) is 61.0. The highest BCUT2D eigenvalue weighted by atomic mass is 31.2. The van der Waals surface area contributed by atoms with Gasteiger partial charge in [-0.2, -0.15) is 0 Å². The van der Waals surface area contributed by atoms with Gasteiger partial charge in [0, 0.05) is 25.7 Å². The fourth-order valence-electron chi connectivity index (χ4n) is 12.1. The fourth-order valence-corrected chi connectivity index (χ4v) is 13.6. The number of carbonyl (C=O) groups excluding carboxylic acids is 4. The van der Waals surface area contributed by atoms with Crippen LogP contribution in [0.15, 0.2) is 0 Å². The van der Waals surface area contributed by atoms with Crippen LogP contribution in [-0.2, 0) is 65.4 Å². The maximum Gasteiger partial charge on any atom is 0.472 e. The van der Waals surface area contributed by atoms with Gasteiger partial charge in [-0.25, -0.2) is 9.13 Å². The molecule has 576 valence electrons. The number of rotatable bonds is 78. The molecule has 0 aromatic carbocycles. The van der Waals surface area contributed by atoms with E-state index in [1.54, 1.807) is 0 Å². The van der Waals surface area contributed by atoms with Gasteiger partial charge in [-0.1, -0.05) is 362 Å². The zero-order valence-electron chi connectivity index (χ0n) is 63.2. The molecular formula is C78H152O17P2. The van der Waals surface area contributed by atoms with E-state index in [2.05, 4.69) is 34.6 Å². The minimum Gasteiger partial charge on any atom is -0.462 e. The largest absolute Gasteiger partial charge is 0.472 e. The normalized spacial score (nSPS) is 13.9. The first kappa shape index (κ1) is 95.1. The summed E-state index contributed by atoms with van der Waals surface area (Å²) < 4.78 is 68.5. The number of aliphatic hydroxyl groups excluding tert-OH is 1. The van der Waals surface area contributed by atoms with Crippen molar-refractivity contribution >= 4 is 39.5 Å². The van der Waals surface area contributed by atoms with Crippen molar-refractivity contribution in [2.24, 2.45) is 5.92 Å². The van der Waals surface area contributed by atoms with Gasteiger partial charge in [0.15, 0.2) is 12.2 Å². The zero-order valence-corrected chi connectivity index (χ0v) is 65.0. The van der Waals surface area contributed by atoms with E-state index in [-0.39, 0.29) is 25.7 Å². The summed E-state index contributed by atoms with van der Waals surface area (Å²) in [7, 11) is -9.91. The van der Waals surface area contributed by atoms with E-state index in [1.165, 1.54) is 238 Å². The van der Waals surface area contributed by atoms with Crippen molar-refractivity contribution in [1.82, 2.24) is 0 Å². The third kappa shape index (κ3) is 72.2. The molecular weight excluding hydrogens is 1270 g/mol. The van der Waals surface area contributed by atoms with E-state index < -0.39 is 97.5 Å². The van der Waals surface area contributed by atoms with Gasteiger partial charge in [0.1, 0.15) is 19.3 Å². The first-order valence-electron chi connectivity index (χ1n) is 40.6. The third-order valence-corrected chi connectivity index (χ3v) is 20.2. The van der Waals surface area contributed by atoms with Gasteiger partial charge in [-0.3, -0.25) is 37.3 Å². The first-order chi connectivity index (χ1) is 47.0. The second kappa shape index (κ2) is 71.1. The van der Waals surface area contributed by atoms with Crippen molar-refractivity contribution < 1.29 is 80.2 Å². The highest BCUT2D eigenvalue weighted by molar-refractivity contribution is 7.47. The van der Waals surface area contributed by atoms with Gasteiger partial charge in [-0.15, -0.1) is 0 Å². The van der Waals surface area contributed by atoms with Crippen molar-refractivity contribution in [3.63, 3.8) is 0 Å². The Hall–Kier alpha value is -1.94. The Morgan fingerprint density at radius 2 is 0.474 bits per heavy atom. The molecule has 0 aliphatic heterocycles. The van der Waals surface area contributed by atoms with Gasteiger partial charge in [-0.05, 0) is 31.6 Å². The maximum absolute atomic E-state index is 13.1. The van der Waals surface area contributed by atoms with Crippen LogP contribution in [0.5, 0.6) is 0 Å².